The first-order valence-corrected chi connectivity index (χ1v) is 7.05. The Morgan fingerprint density at radius 1 is 1.10 bits per heavy atom. The van der Waals surface area contributed by atoms with Crippen LogP contribution in [-0.2, 0) is 0 Å². The molecule has 1 N–H and O–H groups in total. The van der Waals surface area contributed by atoms with Crippen molar-refractivity contribution in [2.24, 2.45) is 0 Å². The van der Waals surface area contributed by atoms with Gasteiger partial charge in [-0.1, -0.05) is 36.8 Å². The molecule has 20 heavy (non-hydrogen) atoms. The van der Waals surface area contributed by atoms with E-state index in [0.29, 0.717) is 0 Å². The van der Waals surface area contributed by atoms with E-state index in [0.717, 1.165) is 19.3 Å². The number of hydrazine groups is 1. The van der Waals surface area contributed by atoms with Crippen molar-refractivity contribution in [3.63, 3.8) is 0 Å². The van der Waals surface area contributed by atoms with Crippen LogP contribution in [0.1, 0.15) is 44.7 Å². The Balaban J connectivity index is 2.20. The summed E-state index contributed by atoms with van der Waals surface area (Å²) in [5.74, 6) is 0. The van der Waals surface area contributed by atoms with Gasteiger partial charge in [0.25, 0.3) is 0 Å². The average molecular weight is 286 g/mol. The van der Waals surface area contributed by atoms with Crippen LogP contribution in [0.5, 0.6) is 0 Å². The Morgan fingerprint density at radius 3 is 2.15 bits per heavy atom. The Morgan fingerprint density at radius 2 is 1.65 bits per heavy atom. The molecule has 3 atom stereocenters. The summed E-state index contributed by atoms with van der Waals surface area (Å²) >= 11 is 0. The minimum Gasteiger partial charge on any atom is -0.238 e. The fourth-order valence-corrected chi connectivity index (χ4v) is 2.81. The molecular weight excluding hydrogens is 265 g/mol. The van der Waals surface area contributed by atoms with Crippen LogP contribution in [0.25, 0.3) is 0 Å². The third kappa shape index (κ3) is 3.52. The molecule has 112 valence electrons. The molecule has 1 aliphatic heterocycles. The van der Waals surface area contributed by atoms with E-state index in [4.69, 9.17) is 0 Å². The molecule has 0 aromatic heterocycles. The van der Waals surface area contributed by atoms with Gasteiger partial charge in [-0.2, -0.15) is 13.2 Å². The summed E-state index contributed by atoms with van der Waals surface area (Å²) in [6, 6.07) is 6.63. The Bertz CT molecular complexity index is 409. The number of nitrogens with one attached hydrogen (secondary N) is 1. The summed E-state index contributed by atoms with van der Waals surface area (Å²) in [5, 5.41) is 1.77. The van der Waals surface area contributed by atoms with Gasteiger partial charge < -0.3 is 0 Å². The van der Waals surface area contributed by atoms with Crippen LogP contribution in [0.15, 0.2) is 30.3 Å². The molecule has 1 saturated heterocycles. The minimum atomic E-state index is -4.31. The molecule has 0 spiro atoms. The highest BCUT2D eigenvalue weighted by Crippen LogP contribution is 2.34. The number of hydrogen-bond acceptors (Lipinski definition) is 2. The number of alkyl halides is 3. The van der Waals surface area contributed by atoms with Crippen LogP contribution < -0.4 is 5.43 Å². The molecule has 1 aromatic carbocycles. The Hall–Kier alpha value is -1.07. The molecule has 0 bridgehead atoms. The van der Waals surface area contributed by atoms with Crippen molar-refractivity contribution in [3.05, 3.63) is 35.9 Å². The average Bonchev–Trinajstić information content (AvgIpc) is 2.38. The summed E-state index contributed by atoms with van der Waals surface area (Å²) in [6.45, 7) is 3.95. The lowest BCUT2D eigenvalue weighted by Crippen LogP contribution is -2.55. The Kier molecular flexibility index (Phi) is 4.70. The quantitative estimate of drug-likeness (QED) is 0.901. The van der Waals surface area contributed by atoms with Crippen molar-refractivity contribution in [2.75, 3.05) is 0 Å². The van der Waals surface area contributed by atoms with E-state index in [1.807, 2.05) is 13.8 Å². The number of benzene rings is 1. The first-order valence-electron chi connectivity index (χ1n) is 7.05. The van der Waals surface area contributed by atoms with Crippen LogP contribution in [0.3, 0.4) is 0 Å². The largest absolute Gasteiger partial charge is 0.409 e. The van der Waals surface area contributed by atoms with Crippen molar-refractivity contribution >= 4 is 0 Å². The highest BCUT2D eigenvalue weighted by atomic mass is 19.4. The zero-order valence-corrected chi connectivity index (χ0v) is 11.8. The van der Waals surface area contributed by atoms with Gasteiger partial charge in [-0.25, -0.2) is 10.4 Å². The second-order valence-electron chi connectivity index (χ2n) is 5.55. The van der Waals surface area contributed by atoms with E-state index >= 15 is 0 Å². The smallest absolute Gasteiger partial charge is 0.238 e. The fraction of sp³-hybridized carbons (Fsp3) is 0.600. The molecule has 2 nitrogen and oxygen atoms in total. The SMILES string of the molecule is CC1CCCC(C)N1NC(c1ccccc1)C(F)(F)F. The number of piperidine rings is 1. The van der Waals surface area contributed by atoms with E-state index < -0.39 is 12.2 Å². The highest BCUT2D eigenvalue weighted by Gasteiger charge is 2.43. The highest BCUT2D eigenvalue weighted by molar-refractivity contribution is 5.20. The standard InChI is InChI=1S/C15H21F3N2/c1-11-7-6-8-12(2)20(11)19-14(15(16,17)18)13-9-4-3-5-10-13/h3-5,9-12,14,19H,6-8H2,1-2H3. The molecule has 1 fully saturated rings. The second kappa shape index (κ2) is 6.14. The lowest BCUT2D eigenvalue weighted by atomic mass is 9.99. The summed E-state index contributed by atoms with van der Waals surface area (Å²) in [4.78, 5) is 0. The first-order chi connectivity index (χ1) is 9.39. The molecule has 0 aliphatic carbocycles. The molecule has 5 heteroatoms. The number of nitrogens with zero attached hydrogens (tertiary/aromatic N) is 1. The molecule has 3 unspecified atom stereocenters. The monoisotopic (exact) mass is 286 g/mol. The van der Waals surface area contributed by atoms with Crippen molar-refractivity contribution in [2.45, 2.75) is 57.4 Å². The van der Waals surface area contributed by atoms with Gasteiger partial charge in [-0.3, -0.25) is 0 Å². The summed E-state index contributed by atoms with van der Waals surface area (Å²) < 4.78 is 40.0. The van der Waals surface area contributed by atoms with Gasteiger partial charge in [-0.05, 0) is 32.3 Å². The Labute approximate surface area is 117 Å². The maximum atomic E-state index is 13.3. The molecular formula is C15H21F3N2. The zero-order chi connectivity index (χ0) is 14.8. The third-order valence-electron chi connectivity index (χ3n) is 3.93. The van der Waals surface area contributed by atoms with Gasteiger partial charge >= 0.3 is 6.18 Å². The van der Waals surface area contributed by atoms with Gasteiger partial charge in [0.1, 0.15) is 6.04 Å². The number of hydrogen-bond donors (Lipinski definition) is 1. The van der Waals surface area contributed by atoms with E-state index in [9.17, 15) is 13.2 Å². The number of rotatable bonds is 3. The predicted molar refractivity (Wildman–Crippen MR) is 73.0 cm³/mol. The van der Waals surface area contributed by atoms with Crippen molar-refractivity contribution in [1.82, 2.24) is 10.4 Å². The molecule has 1 aromatic rings. The summed E-state index contributed by atoms with van der Waals surface area (Å²) in [5.41, 5.74) is 2.97. The first kappa shape index (κ1) is 15.3. The summed E-state index contributed by atoms with van der Waals surface area (Å²) in [7, 11) is 0. The predicted octanol–water partition coefficient (Wildman–Crippen LogP) is 4.06. The van der Waals surface area contributed by atoms with Crippen LogP contribution in [0.4, 0.5) is 13.2 Å². The number of halogens is 3. The van der Waals surface area contributed by atoms with Crippen molar-refractivity contribution < 1.29 is 13.2 Å². The van der Waals surface area contributed by atoms with Crippen LogP contribution in [0, 0.1) is 0 Å². The molecule has 0 amide bonds. The van der Waals surface area contributed by atoms with Crippen LogP contribution >= 0.6 is 0 Å². The van der Waals surface area contributed by atoms with E-state index in [2.05, 4.69) is 5.43 Å². The molecule has 0 radical (unpaired) electrons. The topological polar surface area (TPSA) is 15.3 Å². The van der Waals surface area contributed by atoms with E-state index in [-0.39, 0.29) is 17.6 Å². The lowest BCUT2D eigenvalue weighted by molar-refractivity contribution is -0.177. The van der Waals surface area contributed by atoms with Gasteiger partial charge in [0.05, 0.1) is 0 Å². The molecule has 0 saturated carbocycles. The maximum absolute atomic E-state index is 13.3. The molecule has 1 heterocycles. The summed E-state index contributed by atoms with van der Waals surface area (Å²) in [6.07, 6.45) is -1.38. The molecule has 1 aliphatic rings. The second-order valence-corrected chi connectivity index (χ2v) is 5.55. The van der Waals surface area contributed by atoms with Crippen molar-refractivity contribution in [1.29, 1.82) is 0 Å². The maximum Gasteiger partial charge on any atom is 0.409 e. The normalized spacial score (nSPS) is 26.4. The van der Waals surface area contributed by atoms with Gasteiger partial charge in [0, 0.05) is 12.1 Å². The van der Waals surface area contributed by atoms with Gasteiger partial charge in [0.15, 0.2) is 0 Å². The van der Waals surface area contributed by atoms with Gasteiger partial charge in [0.2, 0.25) is 0 Å². The van der Waals surface area contributed by atoms with Crippen LogP contribution in [-0.4, -0.2) is 23.3 Å². The fourth-order valence-electron chi connectivity index (χ4n) is 2.81. The third-order valence-corrected chi connectivity index (χ3v) is 3.93. The molecule has 2 rings (SSSR count). The van der Waals surface area contributed by atoms with Crippen LogP contribution in [0.2, 0.25) is 0 Å². The van der Waals surface area contributed by atoms with E-state index in [1.54, 1.807) is 23.2 Å². The lowest BCUT2D eigenvalue weighted by Gasteiger charge is -2.41. The van der Waals surface area contributed by atoms with Gasteiger partial charge in [-0.15, -0.1) is 0 Å². The van der Waals surface area contributed by atoms with E-state index in [1.165, 1.54) is 12.1 Å². The minimum absolute atomic E-state index is 0.118. The zero-order valence-electron chi connectivity index (χ0n) is 11.8. The van der Waals surface area contributed by atoms with Crippen molar-refractivity contribution in [3.8, 4) is 0 Å².